The van der Waals surface area contributed by atoms with Crippen LogP contribution in [0.15, 0.2) is 29.4 Å². The summed E-state index contributed by atoms with van der Waals surface area (Å²) < 4.78 is 43.0. The lowest BCUT2D eigenvalue weighted by Crippen LogP contribution is -2.19. The zero-order valence-electron chi connectivity index (χ0n) is 12.7. The van der Waals surface area contributed by atoms with Crippen LogP contribution in [-0.2, 0) is 12.3 Å². The molecule has 0 fully saturated rings. The predicted molar refractivity (Wildman–Crippen MR) is 80.2 cm³/mol. The number of hydrogen-bond acceptors (Lipinski definition) is 5. The molecule has 5 nitrogen and oxygen atoms in total. The summed E-state index contributed by atoms with van der Waals surface area (Å²) in [6, 6.07) is 6.58. The number of thioether (sulfide) groups is 1. The monoisotopic (exact) mass is 346 g/mol. The summed E-state index contributed by atoms with van der Waals surface area (Å²) in [5.74, 6) is 1.15. The Morgan fingerprint density at radius 2 is 2.09 bits per heavy atom. The lowest BCUT2D eigenvalue weighted by atomic mass is 10.2. The van der Waals surface area contributed by atoms with Crippen molar-refractivity contribution in [1.29, 1.82) is 0 Å². The molecule has 0 amide bonds. The molecule has 0 spiro atoms. The van der Waals surface area contributed by atoms with E-state index in [0.29, 0.717) is 23.4 Å². The molecule has 9 heteroatoms. The highest BCUT2D eigenvalue weighted by atomic mass is 32.2. The number of benzene rings is 1. The van der Waals surface area contributed by atoms with Gasteiger partial charge in [-0.2, -0.15) is 13.2 Å². The van der Waals surface area contributed by atoms with Crippen LogP contribution in [0.5, 0.6) is 5.75 Å². The van der Waals surface area contributed by atoms with E-state index in [1.165, 1.54) is 17.8 Å². The fraction of sp³-hybridized carbons (Fsp3) is 0.500. The molecule has 0 bridgehead atoms. The van der Waals surface area contributed by atoms with Crippen molar-refractivity contribution in [3.8, 4) is 5.75 Å². The molecule has 0 aliphatic carbocycles. The first-order valence-corrected chi connectivity index (χ1v) is 7.99. The highest BCUT2D eigenvalue weighted by molar-refractivity contribution is 7.98. The van der Waals surface area contributed by atoms with Crippen LogP contribution in [0, 0.1) is 5.92 Å². The Bertz CT molecular complexity index is 630. The third kappa shape index (κ3) is 6.09. The minimum atomic E-state index is -4.34. The van der Waals surface area contributed by atoms with Crippen LogP contribution in [0.4, 0.5) is 13.2 Å². The van der Waals surface area contributed by atoms with E-state index in [1.807, 2.05) is 6.07 Å². The summed E-state index contributed by atoms with van der Waals surface area (Å²) in [7, 11) is 0. The van der Waals surface area contributed by atoms with Gasteiger partial charge in [0.15, 0.2) is 6.61 Å². The third-order valence-corrected chi connectivity index (χ3v) is 3.73. The molecule has 126 valence electrons. The minimum absolute atomic E-state index is 0.196. The van der Waals surface area contributed by atoms with Gasteiger partial charge in [0, 0.05) is 12.3 Å². The van der Waals surface area contributed by atoms with E-state index < -0.39 is 12.8 Å². The van der Waals surface area contributed by atoms with Gasteiger partial charge in [0.05, 0.1) is 0 Å². The van der Waals surface area contributed by atoms with Crippen LogP contribution in [0.3, 0.4) is 0 Å². The molecule has 2 rings (SSSR count). The van der Waals surface area contributed by atoms with Crippen molar-refractivity contribution in [3.05, 3.63) is 29.8 Å². The highest BCUT2D eigenvalue weighted by Gasteiger charge is 2.28. The van der Waals surface area contributed by atoms with E-state index in [4.69, 9.17) is 4.74 Å². The molecule has 2 aromatic rings. The van der Waals surface area contributed by atoms with Gasteiger partial charge < -0.3 is 4.74 Å². The molecule has 1 aromatic carbocycles. The van der Waals surface area contributed by atoms with Gasteiger partial charge in [-0.05, 0) is 34.0 Å². The second-order valence-electron chi connectivity index (χ2n) is 5.38. The molecule has 0 saturated carbocycles. The zero-order chi connectivity index (χ0) is 16.9. The molecular weight excluding hydrogens is 329 g/mol. The van der Waals surface area contributed by atoms with E-state index in [2.05, 4.69) is 29.4 Å². The summed E-state index contributed by atoms with van der Waals surface area (Å²) in [4.78, 5) is 0. The van der Waals surface area contributed by atoms with E-state index in [1.54, 1.807) is 16.8 Å². The van der Waals surface area contributed by atoms with Crippen LogP contribution < -0.4 is 4.74 Å². The maximum absolute atomic E-state index is 12.2. The standard InChI is InChI=1S/C14H17F3N4OS/c1-10(2)7-21-13(18-19-20-21)23-8-11-4-3-5-12(6-11)22-9-14(15,16)17/h3-6,10H,7-9H2,1-2H3. The fourth-order valence-electron chi connectivity index (χ4n) is 1.80. The van der Waals surface area contributed by atoms with Crippen LogP contribution in [0.25, 0.3) is 0 Å². The van der Waals surface area contributed by atoms with Crippen LogP contribution in [0.2, 0.25) is 0 Å². The van der Waals surface area contributed by atoms with Crippen molar-refractivity contribution in [2.45, 2.75) is 37.5 Å². The van der Waals surface area contributed by atoms with Crippen LogP contribution >= 0.6 is 11.8 Å². The maximum Gasteiger partial charge on any atom is 0.422 e. The van der Waals surface area contributed by atoms with E-state index >= 15 is 0 Å². The predicted octanol–water partition coefficient (Wildman–Crippen LogP) is 3.56. The topological polar surface area (TPSA) is 52.8 Å². The molecule has 0 N–H and O–H groups in total. The van der Waals surface area contributed by atoms with Gasteiger partial charge in [-0.25, -0.2) is 4.68 Å². The van der Waals surface area contributed by atoms with E-state index in [-0.39, 0.29) is 5.75 Å². The highest BCUT2D eigenvalue weighted by Crippen LogP contribution is 2.24. The Labute approximate surface area is 136 Å². The first-order chi connectivity index (χ1) is 10.8. The van der Waals surface area contributed by atoms with Crippen molar-refractivity contribution in [1.82, 2.24) is 20.2 Å². The van der Waals surface area contributed by atoms with Crippen LogP contribution in [-0.4, -0.2) is 33.0 Å². The number of ether oxygens (including phenoxy) is 1. The molecule has 0 saturated heterocycles. The molecule has 1 heterocycles. The Hall–Kier alpha value is -1.77. The Balaban J connectivity index is 1.95. The summed E-state index contributed by atoms with van der Waals surface area (Å²) in [6.45, 7) is 3.55. The number of tetrazole rings is 1. The van der Waals surface area contributed by atoms with Gasteiger partial charge in [-0.3, -0.25) is 0 Å². The molecule has 0 atom stereocenters. The average molecular weight is 346 g/mol. The van der Waals surface area contributed by atoms with Gasteiger partial charge in [0.25, 0.3) is 0 Å². The quantitative estimate of drug-likeness (QED) is 0.718. The van der Waals surface area contributed by atoms with Gasteiger partial charge in [-0.1, -0.05) is 37.7 Å². The van der Waals surface area contributed by atoms with Gasteiger partial charge in [0.1, 0.15) is 5.75 Å². The number of alkyl halides is 3. The van der Waals surface area contributed by atoms with Crippen molar-refractivity contribution < 1.29 is 17.9 Å². The molecule has 0 unspecified atom stereocenters. The number of rotatable bonds is 7. The molecular formula is C14H17F3N4OS. The number of nitrogens with zero attached hydrogens (tertiary/aromatic N) is 4. The van der Waals surface area contributed by atoms with Crippen molar-refractivity contribution >= 4 is 11.8 Å². The lowest BCUT2D eigenvalue weighted by Gasteiger charge is -2.10. The van der Waals surface area contributed by atoms with Gasteiger partial charge in [-0.15, -0.1) is 5.10 Å². The van der Waals surface area contributed by atoms with Crippen molar-refractivity contribution in [2.24, 2.45) is 5.92 Å². The van der Waals surface area contributed by atoms with Crippen molar-refractivity contribution in [2.75, 3.05) is 6.61 Å². The van der Waals surface area contributed by atoms with E-state index in [0.717, 1.165) is 5.56 Å². The van der Waals surface area contributed by atoms with Gasteiger partial charge in [0.2, 0.25) is 5.16 Å². The molecule has 0 radical (unpaired) electrons. The summed E-state index contributed by atoms with van der Waals surface area (Å²) in [6.07, 6.45) is -4.34. The summed E-state index contributed by atoms with van der Waals surface area (Å²) in [5.41, 5.74) is 0.841. The fourth-order valence-corrected chi connectivity index (χ4v) is 2.63. The number of hydrogen-bond donors (Lipinski definition) is 0. The Kier molecular flexibility index (Phi) is 5.86. The normalized spacial score (nSPS) is 11.9. The first-order valence-electron chi connectivity index (χ1n) is 7.01. The molecule has 0 aliphatic rings. The molecule has 0 aliphatic heterocycles. The second-order valence-corrected chi connectivity index (χ2v) is 6.32. The largest absolute Gasteiger partial charge is 0.484 e. The van der Waals surface area contributed by atoms with E-state index in [9.17, 15) is 13.2 Å². The zero-order valence-corrected chi connectivity index (χ0v) is 13.6. The number of aromatic nitrogens is 4. The minimum Gasteiger partial charge on any atom is -0.484 e. The smallest absolute Gasteiger partial charge is 0.422 e. The summed E-state index contributed by atoms with van der Waals surface area (Å²) in [5, 5.41) is 12.2. The lowest BCUT2D eigenvalue weighted by molar-refractivity contribution is -0.153. The second kappa shape index (κ2) is 7.67. The Morgan fingerprint density at radius 1 is 1.30 bits per heavy atom. The SMILES string of the molecule is CC(C)Cn1nnnc1SCc1cccc(OCC(F)(F)F)c1. The molecule has 23 heavy (non-hydrogen) atoms. The van der Waals surface area contributed by atoms with Gasteiger partial charge >= 0.3 is 6.18 Å². The first kappa shape index (κ1) is 17.6. The van der Waals surface area contributed by atoms with Crippen LogP contribution in [0.1, 0.15) is 19.4 Å². The summed E-state index contributed by atoms with van der Waals surface area (Å²) >= 11 is 1.43. The van der Waals surface area contributed by atoms with Crippen molar-refractivity contribution in [3.63, 3.8) is 0 Å². The Morgan fingerprint density at radius 3 is 2.78 bits per heavy atom. The maximum atomic E-state index is 12.2. The third-order valence-electron chi connectivity index (χ3n) is 2.71. The molecule has 1 aromatic heterocycles. The average Bonchev–Trinajstić information content (AvgIpc) is 2.89. The number of halogens is 3.